The first-order valence-electron chi connectivity index (χ1n) is 14.2. The van der Waals surface area contributed by atoms with Crippen molar-refractivity contribution in [2.45, 2.75) is 69.1 Å². The van der Waals surface area contributed by atoms with Crippen molar-refractivity contribution in [3.05, 3.63) is 95.1 Å². The van der Waals surface area contributed by atoms with Gasteiger partial charge < -0.3 is 21.3 Å². The monoisotopic (exact) mass is 579 g/mol. The number of carbonyl (C=O) groups is 1. The van der Waals surface area contributed by atoms with E-state index >= 15 is 0 Å². The van der Waals surface area contributed by atoms with Gasteiger partial charge in [-0.25, -0.2) is 13.1 Å². The fourth-order valence-electron chi connectivity index (χ4n) is 5.40. The Kier molecular flexibility index (Phi) is 10.2. The smallest absolute Gasteiger partial charge is 0.240 e. The number of carbonyl (C=O) groups excluding carboxylic acids is 1. The third kappa shape index (κ3) is 8.16. The zero-order valence-corrected chi connectivity index (χ0v) is 24.5. The summed E-state index contributed by atoms with van der Waals surface area (Å²) in [6.45, 7) is 3.90. The molecule has 0 aromatic heterocycles. The van der Waals surface area contributed by atoms with Crippen molar-refractivity contribution in [1.29, 1.82) is 0 Å². The van der Waals surface area contributed by atoms with Crippen molar-refractivity contribution in [1.82, 2.24) is 10.0 Å². The lowest BCUT2D eigenvalue weighted by Gasteiger charge is -2.24. The number of aliphatic hydroxyl groups is 2. The molecule has 1 aliphatic rings. The van der Waals surface area contributed by atoms with Crippen molar-refractivity contribution >= 4 is 21.6 Å². The van der Waals surface area contributed by atoms with E-state index in [0.29, 0.717) is 36.4 Å². The highest BCUT2D eigenvalue weighted by Crippen LogP contribution is 2.32. The number of aliphatic hydroxyl groups excluding tert-OH is 2. The summed E-state index contributed by atoms with van der Waals surface area (Å²) >= 11 is 0. The van der Waals surface area contributed by atoms with Crippen LogP contribution in [0, 0.1) is 11.8 Å². The first kappa shape index (κ1) is 30.7. The molecule has 6 N–H and O–H groups in total. The third-order valence-corrected chi connectivity index (χ3v) is 9.15. The number of amides is 1. The van der Waals surface area contributed by atoms with Gasteiger partial charge in [0.2, 0.25) is 15.9 Å². The molecule has 4 rings (SSSR count). The van der Waals surface area contributed by atoms with Crippen LogP contribution in [0.5, 0.6) is 0 Å². The minimum Gasteiger partial charge on any atom is -0.399 e. The summed E-state index contributed by atoms with van der Waals surface area (Å²) in [5.41, 5.74) is 9.86. The Morgan fingerprint density at radius 2 is 1.76 bits per heavy atom. The van der Waals surface area contributed by atoms with Crippen LogP contribution in [0.1, 0.15) is 55.0 Å². The maximum Gasteiger partial charge on any atom is 0.240 e. The number of hydrogen-bond donors (Lipinski definition) is 5. The summed E-state index contributed by atoms with van der Waals surface area (Å²) < 4.78 is 29.0. The quantitative estimate of drug-likeness (QED) is 0.196. The molecule has 0 saturated carbocycles. The lowest BCUT2D eigenvalue weighted by atomic mass is 9.92. The van der Waals surface area contributed by atoms with E-state index < -0.39 is 34.2 Å². The summed E-state index contributed by atoms with van der Waals surface area (Å²) in [4.78, 5) is 13.7. The van der Waals surface area contributed by atoms with E-state index in [4.69, 9.17) is 5.73 Å². The van der Waals surface area contributed by atoms with Gasteiger partial charge in [0.05, 0.1) is 23.1 Å². The van der Waals surface area contributed by atoms with E-state index in [1.165, 1.54) is 6.07 Å². The van der Waals surface area contributed by atoms with Gasteiger partial charge in [-0.1, -0.05) is 68.4 Å². The Balaban J connectivity index is 1.46. The minimum absolute atomic E-state index is 0.0374. The van der Waals surface area contributed by atoms with Gasteiger partial charge in [-0.05, 0) is 72.1 Å². The van der Waals surface area contributed by atoms with Crippen LogP contribution in [0.15, 0.2) is 77.7 Å². The lowest BCUT2D eigenvalue weighted by Crippen LogP contribution is -2.41. The molecule has 41 heavy (non-hydrogen) atoms. The molecule has 0 spiro atoms. The average molecular weight is 580 g/mol. The molecule has 0 unspecified atom stereocenters. The maximum atomic E-state index is 13.5. The van der Waals surface area contributed by atoms with Gasteiger partial charge in [0.1, 0.15) is 0 Å². The Bertz CT molecular complexity index is 1430. The summed E-state index contributed by atoms with van der Waals surface area (Å²) in [5, 5.41) is 24.6. The maximum absolute atomic E-state index is 13.5. The van der Waals surface area contributed by atoms with Crippen LogP contribution in [0.25, 0.3) is 0 Å². The standard InChI is InChI=1S/C32H41N3O5S/c1-21(2)12-13-24-17-26(33)14-15-30(24)41(39,40)34-20-27(36)18-25(16-22-8-4-3-5-9-22)32(38)35-31-28-11-7-6-10-23(28)19-29(31)37/h3-11,14-15,17,21,25,27,29,31,34,36-37H,12-13,16,18-20,33H2,1-2H3,(H,35,38)/t25-,27+,29-,31+/m1/s1. The molecule has 0 bridgehead atoms. The van der Waals surface area contributed by atoms with Crippen molar-refractivity contribution in [3.63, 3.8) is 0 Å². The molecular weight excluding hydrogens is 538 g/mol. The van der Waals surface area contributed by atoms with Gasteiger partial charge in [-0.15, -0.1) is 0 Å². The molecule has 0 aliphatic heterocycles. The van der Waals surface area contributed by atoms with Crippen LogP contribution < -0.4 is 15.8 Å². The van der Waals surface area contributed by atoms with Crippen molar-refractivity contribution < 1.29 is 23.4 Å². The number of fused-ring (bicyclic) bond motifs is 1. The van der Waals surface area contributed by atoms with E-state index in [9.17, 15) is 23.4 Å². The molecule has 0 radical (unpaired) electrons. The molecule has 9 heteroatoms. The fraction of sp³-hybridized carbons (Fsp3) is 0.406. The lowest BCUT2D eigenvalue weighted by molar-refractivity contribution is -0.127. The van der Waals surface area contributed by atoms with Gasteiger partial charge in [0, 0.05) is 24.6 Å². The van der Waals surface area contributed by atoms with Gasteiger partial charge in [-0.2, -0.15) is 0 Å². The second-order valence-corrected chi connectivity index (χ2v) is 13.1. The van der Waals surface area contributed by atoms with Crippen molar-refractivity contribution in [2.75, 3.05) is 12.3 Å². The Hall–Kier alpha value is -3.24. The third-order valence-electron chi connectivity index (χ3n) is 7.63. The van der Waals surface area contributed by atoms with E-state index in [0.717, 1.165) is 23.1 Å². The largest absolute Gasteiger partial charge is 0.399 e. The summed E-state index contributed by atoms with van der Waals surface area (Å²) in [6.07, 6.45) is 0.378. The SMILES string of the molecule is CC(C)CCc1cc(N)ccc1S(=O)(=O)NC[C@@H](O)C[C@@H](Cc1ccccc1)C(=O)N[C@H]1c2ccccc2C[C@H]1O. The fourth-order valence-corrected chi connectivity index (χ4v) is 6.72. The van der Waals surface area contributed by atoms with Crippen LogP contribution in [0.2, 0.25) is 0 Å². The van der Waals surface area contributed by atoms with Crippen LogP contribution in [-0.4, -0.2) is 43.3 Å². The molecule has 4 atom stereocenters. The van der Waals surface area contributed by atoms with E-state index in [1.54, 1.807) is 12.1 Å². The number of sulfonamides is 1. The topological polar surface area (TPSA) is 142 Å². The number of nitrogens with two attached hydrogens (primary N) is 1. The molecule has 0 saturated heterocycles. The van der Waals surface area contributed by atoms with Crippen molar-refractivity contribution in [2.24, 2.45) is 11.8 Å². The number of nitrogens with one attached hydrogen (secondary N) is 2. The first-order valence-corrected chi connectivity index (χ1v) is 15.7. The molecule has 1 amide bonds. The molecule has 220 valence electrons. The molecule has 3 aromatic rings. The Morgan fingerprint density at radius 3 is 2.49 bits per heavy atom. The Morgan fingerprint density at radius 1 is 1.05 bits per heavy atom. The van der Waals surface area contributed by atoms with Crippen LogP contribution >= 0.6 is 0 Å². The van der Waals surface area contributed by atoms with Gasteiger partial charge in [-0.3, -0.25) is 4.79 Å². The molecule has 1 aliphatic carbocycles. The predicted molar refractivity (Wildman–Crippen MR) is 160 cm³/mol. The molecule has 0 heterocycles. The number of benzene rings is 3. The molecule has 8 nitrogen and oxygen atoms in total. The highest BCUT2D eigenvalue weighted by Gasteiger charge is 2.34. The first-order chi connectivity index (χ1) is 19.5. The van der Waals surface area contributed by atoms with Gasteiger partial charge in [0.15, 0.2) is 0 Å². The summed E-state index contributed by atoms with van der Waals surface area (Å²) in [5.74, 6) is -0.547. The van der Waals surface area contributed by atoms with Gasteiger partial charge in [0.25, 0.3) is 0 Å². The second-order valence-electron chi connectivity index (χ2n) is 11.4. The molecule has 3 aromatic carbocycles. The highest BCUT2D eigenvalue weighted by atomic mass is 32.2. The Labute approximate surface area is 243 Å². The number of nitrogen functional groups attached to an aromatic ring is 1. The van der Waals surface area contributed by atoms with E-state index in [1.807, 2.05) is 54.6 Å². The van der Waals surface area contributed by atoms with E-state index in [-0.39, 0.29) is 23.8 Å². The van der Waals surface area contributed by atoms with E-state index in [2.05, 4.69) is 23.9 Å². The number of anilines is 1. The van der Waals surface area contributed by atoms with Crippen LogP contribution in [0.4, 0.5) is 5.69 Å². The predicted octanol–water partition coefficient (Wildman–Crippen LogP) is 3.52. The number of rotatable bonds is 13. The minimum atomic E-state index is -3.92. The number of hydrogen-bond acceptors (Lipinski definition) is 6. The second kappa shape index (κ2) is 13.6. The molecule has 0 fully saturated rings. The summed E-state index contributed by atoms with van der Waals surface area (Å²) in [7, 11) is -3.92. The normalized spacial score (nSPS) is 18.2. The van der Waals surface area contributed by atoms with Crippen molar-refractivity contribution in [3.8, 4) is 0 Å². The van der Waals surface area contributed by atoms with Gasteiger partial charge >= 0.3 is 0 Å². The summed E-state index contributed by atoms with van der Waals surface area (Å²) in [6, 6.07) is 21.3. The highest BCUT2D eigenvalue weighted by molar-refractivity contribution is 7.89. The number of aryl methyl sites for hydroxylation is 1. The zero-order chi connectivity index (χ0) is 29.6. The van der Waals surface area contributed by atoms with Crippen LogP contribution in [0.3, 0.4) is 0 Å². The average Bonchev–Trinajstić information content (AvgIpc) is 3.25. The molecular formula is C32H41N3O5S. The van der Waals surface area contributed by atoms with Crippen LogP contribution in [-0.2, 0) is 34.1 Å². The zero-order valence-electron chi connectivity index (χ0n) is 23.7.